The Bertz CT molecular complexity index is 530. The molecule has 1 rings (SSSR count). The monoisotopic (exact) mass is 273 g/mol. The van der Waals surface area contributed by atoms with Gasteiger partial charge in [0.2, 0.25) is 0 Å². The summed E-state index contributed by atoms with van der Waals surface area (Å²) in [6.07, 6.45) is 0. The Kier molecular flexibility index (Phi) is 5.24. The first-order valence-corrected chi connectivity index (χ1v) is 5.33. The Morgan fingerprint density at radius 1 is 1.44 bits per heavy atom. The molecule has 82 valence electrons. The van der Waals surface area contributed by atoms with E-state index in [0.717, 1.165) is 12.1 Å². The standard InChI is InChI=1S/C7H6ClNO5S.Na/c8-4-2-6(15(12,13)14)5(9)1-3(4)7(10)11;/h1-2H,9H2,(H,10,11)(H,12,13,14);/q;+1/p-1. The van der Waals surface area contributed by atoms with Gasteiger partial charge in [-0.15, -0.1) is 0 Å². The van der Waals surface area contributed by atoms with Crippen LogP contribution in [0.5, 0.6) is 0 Å². The molecule has 0 aliphatic heterocycles. The number of rotatable bonds is 2. The van der Waals surface area contributed by atoms with Crippen molar-refractivity contribution in [3.05, 3.63) is 22.7 Å². The summed E-state index contributed by atoms with van der Waals surface area (Å²) in [6, 6.07) is 1.55. The van der Waals surface area contributed by atoms with Gasteiger partial charge >= 0.3 is 29.6 Å². The predicted molar refractivity (Wildman–Crippen MR) is 50.0 cm³/mol. The molecule has 16 heavy (non-hydrogen) atoms. The van der Waals surface area contributed by atoms with Crippen LogP contribution in [-0.4, -0.2) is 18.9 Å². The molecule has 0 aromatic heterocycles. The Hall–Kier alpha value is -0.310. The first-order valence-electron chi connectivity index (χ1n) is 3.51. The van der Waals surface area contributed by atoms with E-state index in [1.54, 1.807) is 0 Å². The quantitative estimate of drug-likeness (QED) is 0.328. The van der Waals surface area contributed by atoms with Crippen LogP contribution in [0.2, 0.25) is 5.02 Å². The first kappa shape index (κ1) is 15.7. The van der Waals surface area contributed by atoms with Crippen molar-refractivity contribution in [1.29, 1.82) is 0 Å². The van der Waals surface area contributed by atoms with E-state index in [0.29, 0.717) is 0 Å². The Morgan fingerprint density at radius 2 is 1.94 bits per heavy atom. The summed E-state index contributed by atoms with van der Waals surface area (Å²) in [5, 5.41) is 10.1. The van der Waals surface area contributed by atoms with Gasteiger partial charge in [0.05, 0.1) is 16.7 Å². The third-order valence-electron chi connectivity index (χ3n) is 1.60. The zero-order valence-corrected chi connectivity index (χ0v) is 11.7. The summed E-state index contributed by atoms with van der Waals surface area (Å²) in [5.74, 6) is -1.59. The molecule has 0 radical (unpaired) electrons. The van der Waals surface area contributed by atoms with Crippen LogP contribution in [0, 0.1) is 0 Å². The fourth-order valence-electron chi connectivity index (χ4n) is 0.952. The zero-order chi connectivity index (χ0) is 11.8. The number of aromatic carboxylic acids is 1. The fraction of sp³-hybridized carbons (Fsp3) is 0. The molecule has 0 saturated carbocycles. The smallest absolute Gasteiger partial charge is 0.545 e. The maximum Gasteiger partial charge on any atom is 1.00 e. The Balaban J connectivity index is 0.00000225. The third-order valence-corrected chi connectivity index (χ3v) is 2.82. The van der Waals surface area contributed by atoms with Crippen molar-refractivity contribution in [2.45, 2.75) is 4.90 Å². The second kappa shape index (κ2) is 5.35. The van der Waals surface area contributed by atoms with E-state index >= 15 is 0 Å². The van der Waals surface area contributed by atoms with Crippen LogP contribution < -0.4 is 40.4 Å². The summed E-state index contributed by atoms with van der Waals surface area (Å²) in [5.41, 5.74) is 4.37. The Morgan fingerprint density at radius 3 is 2.31 bits per heavy atom. The van der Waals surface area contributed by atoms with Crippen molar-refractivity contribution < 1.29 is 52.4 Å². The summed E-state index contributed by atoms with van der Waals surface area (Å²) in [4.78, 5) is 9.83. The topological polar surface area (TPSA) is 121 Å². The van der Waals surface area contributed by atoms with Gasteiger partial charge in [-0.1, -0.05) is 11.6 Å². The van der Waals surface area contributed by atoms with E-state index in [4.69, 9.17) is 21.9 Å². The second-order valence-electron chi connectivity index (χ2n) is 2.63. The van der Waals surface area contributed by atoms with Gasteiger partial charge in [0.25, 0.3) is 10.1 Å². The number of carbonyl (C=O) groups is 1. The molecule has 0 aliphatic rings. The molecule has 0 amide bonds. The number of anilines is 1. The molecular weight excluding hydrogens is 269 g/mol. The van der Waals surface area contributed by atoms with E-state index in [-0.39, 0.29) is 34.6 Å². The zero-order valence-electron chi connectivity index (χ0n) is 8.10. The average Bonchev–Trinajstić information content (AvgIpc) is 2.06. The normalized spacial score (nSPS) is 10.6. The average molecular weight is 274 g/mol. The molecular formula is C7H5ClNNaO5S. The summed E-state index contributed by atoms with van der Waals surface area (Å²) in [7, 11) is -4.52. The molecule has 0 aliphatic carbocycles. The van der Waals surface area contributed by atoms with Crippen LogP contribution in [0.15, 0.2) is 17.0 Å². The molecule has 0 atom stereocenters. The van der Waals surface area contributed by atoms with Gasteiger partial charge in [0.1, 0.15) is 4.90 Å². The van der Waals surface area contributed by atoms with Crippen molar-refractivity contribution in [3.63, 3.8) is 0 Å². The number of halogens is 1. The van der Waals surface area contributed by atoms with Crippen molar-refractivity contribution in [1.82, 2.24) is 0 Å². The van der Waals surface area contributed by atoms with Gasteiger partial charge in [-0.25, -0.2) is 0 Å². The minimum atomic E-state index is -4.52. The molecule has 0 saturated heterocycles. The summed E-state index contributed by atoms with van der Waals surface area (Å²) in [6.45, 7) is 0. The molecule has 0 unspecified atom stereocenters. The maximum atomic E-state index is 10.7. The van der Waals surface area contributed by atoms with Crippen molar-refractivity contribution >= 4 is 33.4 Å². The minimum Gasteiger partial charge on any atom is -0.545 e. The first-order chi connectivity index (χ1) is 6.73. The number of nitrogen functional groups attached to an aromatic ring is 1. The van der Waals surface area contributed by atoms with Gasteiger partial charge in [0, 0.05) is 5.56 Å². The number of nitrogens with two attached hydrogens (primary N) is 1. The molecule has 0 fully saturated rings. The summed E-state index contributed by atoms with van der Waals surface area (Å²) >= 11 is 5.45. The van der Waals surface area contributed by atoms with Crippen LogP contribution in [0.1, 0.15) is 10.4 Å². The van der Waals surface area contributed by atoms with Gasteiger partial charge in [-0.2, -0.15) is 8.42 Å². The Labute approximate surface area is 118 Å². The van der Waals surface area contributed by atoms with Crippen LogP contribution in [0.3, 0.4) is 0 Å². The van der Waals surface area contributed by atoms with Crippen LogP contribution in [0.25, 0.3) is 0 Å². The van der Waals surface area contributed by atoms with Crippen LogP contribution in [-0.2, 0) is 10.1 Å². The van der Waals surface area contributed by atoms with E-state index < -0.39 is 32.2 Å². The fourth-order valence-corrected chi connectivity index (χ4v) is 1.88. The van der Waals surface area contributed by atoms with Crippen LogP contribution >= 0.6 is 11.6 Å². The second-order valence-corrected chi connectivity index (χ2v) is 4.43. The maximum absolute atomic E-state index is 10.7. The van der Waals surface area contributed by atoms with Crippen molar-refractivity contribution in [3.8, 4) is 0 Å². The van der Waals surface area contributed by atoms with Gasteiger partial charge in [0.15, 0.2) is 0 Å². The van der Waals surface area contributed by atoms with Crippen molar-refractivity contribution in [2.75, 3.05) is 5.73 Å². The van der Waals surface area contributed by atoms with E-state index in [1.807, 2.05) is 0 Å². The van der Waals surface area contributed by atoms with Gasteiger partial charge in [-0.05, 0) is 12.1 Å². The molecule has 1 aromatic rings. The van der Waals surface area contributed by atoms with E-state index in [9.17, 15) is 18.3 Å². The number of hydrogen-bond donors (Lipinski definition) is 2. The number of carboxylic acids is 1. The number of carboxylic acid groups (broad SMARTS) is 1. The van der Waals surface area contributed by atoms with Gasteiger partial charge in [-0.3, -0.25) is 4.55 Å². The minimum absolute atomic E-state index is 0. The van der Waals surface area contributed by atoms with E-state index in [2.05, 4.69) is 0 Å². The summed E-state index contributed by atoms with van der Waals surface area (Å²) < 4.78 is 30.2. The van der Waals surface area contributed by atoms with Crippen molar-refractivity contribution in [2.24, 2.45) is 0 Å². The van der Waals surface area contributed by atoms with E-state index in [1.165, 1.54) is 0 Å². The predicted octanol–water partition coefficient (Wildman–Crippen LogP) is -3.46. The number of carbonyl (C=O) groups excluding carboxylic acids is 1. The SMILES string of the molecule is Nc1cc(C(=O)[O-])c(Cl)cc1S(=O)(=O)O.[Na+]. The number of hydrogen-bond acceptors (Lipinski definition) is 5. The molecule has 9 heteroatoms. The molecule has 6 nitrogen and oxygen atoms in total. The van der Waals surface area contributed by atoms with Crippen LogP contribution in [0.4, 0.5) is 5.69 Å². The molecule has 0 spiro atoms. The third kappa shape index (κ3) is 3.34. The molecule has 3 N–H and O–H groups in total. The largest absolute Gasteiger partial charge is 1.00 e. The number of benzene rings is 1. The molecule has 0 bridgehead atoms. The molecule has 0 heterocycles. The molecule has 1 aromatic carbocycles. The van der Waals surface area contributed by atoms with Gasteiger partial charge < -0.3 is 15.6 Å².